The van der Waals surface area contributed by atoms with Crippen LogP contribution in [0.4, 0.5) is 4.39 Å². The standard InChI is InChI=1S/C14H18ClFN2O3S/c1-10(2)14(19)17-5-7-18(8-6-17)22(20,21)11-3-4-13(16)12(15)9-11/h3-4,9-10H,5-8H2,1-2H3. The fourth-order valence-electron chi connectivity index (χ4n) is 2.30. The van der Waals surface area contributed by atoms with Crippen molar-refractivity contribution in [1.29, 1.82) is 0 Å². The van der Waals surface area contributed by atoms with Gasteiger partial charge in [0.1, 0.15) is 5.82 Å². The van der Waals surface area contributed by atoms with E-state index in [9.17, 15) is 17.6 Å². The number of hydrogen-bond acceptors (Lipinski definition) is 3. The van der Waals surface area contributed by atoms with Crippen molar-refractivity contribution in [2.45, 2.75) is 18.7 Å². The zero-order valence-electron chi connectivity index (χ0n) is 12.4. The number of sulfonamides is 1. The molecule has 1 fully saturated rings. The van der Waals surface area contributed by atoms with Gasteiger partial charge in [0.05, 0.1) is 9.92 Å². The summed E-state index contributed by atoms with van der Waals surface area (Å²) in [6, 6.07) is 3.34. The largest absolute Gasteiger partial charge is 0.340 e. The molecule has 0 unspecified atom stereocenters. The summed E-state index contributed by atoms with van der Waals surface area (Å²) in [5.74, 6) is -0.756. The summed E-state index contributed by atoms with van der Waals surface area (Å²) in [6.07, 6.45) is 0. The van der Waals surface area contributed by atoms with E-state index in [1.807, 2.05) is 13.8 Å². The first-order valence-electron chi connectivity index (χ1n) is 6.97. The smallest absolute Gasteiger partial charge is 0.243 e. The molecule has 0 radical (unpaired) electrons. The van der Waals surface area contributed by atoms with Crippen LogP contribution in [0.3, 0.4) is 0 Å². The van der Waals surface area contributed by atoms with Gasteiger partial charge in [-0.1, -0.05) is 25.4 Å². The lowest BCUT2D eigenvalue weighted by Crippen LogP contribution is -2.51. The molecule has 0 N–H and O–H groups in total. The van der Waals surface area contributed by atoms with Crippen LogP contribution < -0.4 is 0 Å². The molecule has 0 aromatic heterocycles. The van der Waals surface area contributed by atoms with E-state index < -0.39 is 15.8 Å². The molecule has 2 rings (SSSR count). The Hall–Kier alpha value is -1.18. The maximum atomic E-state index is 13.2. The summed E-state index contributed by atoms with van der Waals surface area (Å²) < 4.78 is 39.5. The van der Waals surface area contributed by atoms with Crippen molar-refractivity contribution < 1.29 is 17.6 Å². The van der Waals surface area contributed by atoms with E-state index in [0.717, 1.165) is 12.1 Å². The number of rotatable bonds is 3. The Balaban J connectivity index is 2.12. The van der Waals surface area contributed by atoms with E-state index in [4.69, 9.17) is 11.6 Å². The molecule has 22 heavy (non-hydrogen) atoms. The molecule has 0 bridgehead atoms. The maximum Gasteiger partial charge on any atom is 0.243 e. The number of carbonyl (C=O) groups excluding carboxylic acids is 1. The average molecular weight is 349 g/mol. The van der Waals surface area contributed by atoms with Gasteiger partial charge >= 0.3 is 0 Å². The molecule has 1 heterocycles. The number of nitrogens with zero attached hydrogens (tertiary/aromatic N) is 2. The van der Waals surface area contributed by atoms with Gasteiger partial charge in [-0.15, -0.1) is 0 Å². The molecule has 1 aromatic rings. The highest BCUT2D eigenvalue weighted by atomic mass is 35.5. The summed E-state index contributed by atoms with van der Waals surface area (Å²) in [7, 11) is -3.73. The van der Waals surface area contributed by atoms with Crippen LogP contribution in [-0.2, 0) is 14.8 Å². The molecule has 1 saturated heterocycles. The molecule has 1 amide bonds. The SMILES string of the molecule is CC(C)C(=O)N1CCN(S(=O)(=O)c2ccc(F)c(Cl)c2)CC1. The van der Waals surface area contributed by atoms with Crippen molar-refractivity contribution >= 4 is 27.5 Å². The highest BCUT2D eigenvalue weighted by Crippen LogP contribution is 2.23. The van der Waals surface area contributed by atoms with Gasteiger partial charge in [-0.25, -0.2) is 12.8 Å². The Morgan fingerprint density at radius 1 is 1.23 bits per heavy atom. The Kier molecular flexibility index (Phi) is 5.09. The quantitative estimate of drug-likeness (QED) is 0.839. The van der Waals surface area contributed by atoms with Gasteiger partial charge in [0.2, 0.25) is 15.9 Å². The van der Waals surface area contributed by atoms with Crippen LogP contribution in [0.1, 0.15) is 13.8 Å². The minimum absolute atomic E-state index is 0.0156. The van der Waals surface area contributed by atoms with Crippen LogP contribution in [0.5, 0.6) is 0 Å². The number of hydrogen-bond donors (Lipinski definition) is 0. The fourth-order valence-corrected chi connectivity index (χ4v) is 3.99. The molecular weight excluding hydrogens is 331 g/mol. The van der Waals surface area contributed by atoms with Crippen LogP contribution in [0, 0.1) is 11.7 Å². The van der Waals surface area contributed by atoms with Crippen molar-refractivity contribution in [3.05, 3.63) is 29.0 Å². The van der Waals surface area contributed by atoms with E-state index in [0.29, 0.717) is 13.1 Å². The van der Waals surface area contributed by atoms with Crippen molar-refractivity contribution in [3.63, 3.8) is 0 Å². The molecule has 0 saturated carbocycles. The van der Waals surface area contributed by atoms with Crippen LogP contribution in [-0.4, -0.2) is 49.7 Å². The zero-order valence-corrected chi connectivity index (χ0v) is 14.0. The van der Waals surface area contributed by atoms with E-state index >= 15 is 0 Å². The van der Waals surface area contributed by atoms with Gasteiger partial charge < -0.3 is 4.90 Å². The third-order valence-electron chi connectivity index (χ3n) is 3.57. The fraction of sp³-hybridized carbons (Fsp3) is 0.500. The van der Waals surface area contributed by atoms with Crippen LogP contribution in [0.2, 0.25) is 5.02 Å². The van der Waals surface area contributed by atoms with Gasteiger partial charge in [-0.2, -0.15) is 4.31 Å². The number of halogens is 2. The van der Waals surface area contributed by atoms with Crippen LogP contribution in [0.15, 0.2) is 23.1 Å². The van der Waals surface area contributed by atoms with E-state index in [1.54, 1.807) is 4.90 Å². The van der Waals surface area contributed by atoms with Gasteiger partial charge in [0.25, 0.3) is 0 Å². The Morgan fingerprint density at radius 2 is 1.82 bits per heavy atom. The first-order chi connectivity index (χ1) is 10.2. The lowest BCUT2D eigenvalue weighted by molar-refractivity contribution is -0.135. The van der Waals surface area contributed by atoms with Crippen LogP contribution >= 0.6 is 11.6 Å². The monoisotopic (exact) mass is 348 g/mol. The Morgan fingerprint density at radius 3 is 2.32 bits per heavy atom. The molecule has 5 nitrogen and oxygen atoms in total. The lowest BCUT2D eigenvalue weighted by atomic mass is 10.2. The molecular formula is C14H18ClFN2O3S. The molecule has 0 atom stereocenters. The summed E-state index contributed by atoms with van der Waals surface area (Å²) in [4.78, 5) is 13.5. The average Bonchev–Trinajstić information content (AvgIpc) is 2.49. The number of piperazine rings is 1. The minimum Gasteiger partial charge on any atom is -0.340 e. The first kappa shape index (κ1) is 17.2. The number of benzene rings is 1. The highest BCUT2D eigenvalue weighted by Gasteiger charge is 2.31. The molecule has 0 spiro atoms. The van der Waals surface area contributed by atoms with Crippen molar-refractivity contribution in [2.24, 2.45) is 5.92 Å². The second kappa shape index (κ2) is 6.52. The highest BCUT2D eigenvalue weighted by molar-refractivity contribution is 7.89. The summed E-state index contributed by atoms with van der Waals surface area (Å²) in [5, 5.41) is -0.227. The maximum absolute atomic E-state index is 13.2. The topological polar surface area (TPSA) is 57.7 Å². The Bertz CT molecular complexity index is 671. The first-order valence-corrected chi connectivity index (χ1v) is 8.79. The van der Waals surface area contributed by atoms with E-state index in [-0.39, 0.29) is 34.8 Å². The summed E-state index contributed by atoms with van der Waals surface area (Å²) >= 11 is 5.65. The normalized spacial score (nSPS) is 17.0. The molecule has 1 aliphatic rings. The zero-order chi connectivity index (χ0) is 16.5. The van der Waals surface area contributed by atoms with Crippen LogP contribution in [0.25, 0.3) is 0 Å². The predicted molar refractivity (Wildman–Crippen MR) is 81.6 cm³/mol. The van der Waals surface area contributed by atoms with Gasteiger partial charge in [-0.3, -0.25) is 4.79 Å². The molecule has 122 valence electrons. The summed E-state index contributed by atoms with van der Waals surface area (Å²) in [5.41, 5.74) is 0. The Labute approximate surface area is 134 Å². The van der Waals surface area contributed by atoms with E-state index in [1.165, 1.54) is 10.4 Å². The second-order valence-corrected chi connectivity index (χ2v) is 7.81. The predicted octanol–water partition coefficient (Wildman–Crippen LogP) is 1.97. The molecule has 8 heteroatoms. The summed E-state index contributed by atoms with van der Waals surface area (Å²) in [6.45, 7) is 4.76. The number of amides is 1. The van der Waals surface area contributed by atoms with Gasteiger partial charge in [0.15, 0.2) is 0 Å². The lowest BCUT2D eigenvalue weighted by Gasteiger charge is -2.34. The van der Waals surface area contributed by atoms with Gasteiger partial charge in [0, 0.05) is 32.1 Å². The van der Waals surface area contributed by atoms with Gasteiger partial charge in [-0.05, 0) is 18.2 Å². The second-order valence-electron chi connectivity index (χ2n) is 5.46. The van der Waals surface area contributed by atoms with E-state index in [2.05, 4.69) is 0 Å². The third-order valence-corrected chi connectivity index (χ3v) is 5.76. The van der Waals surface area contributed by atoms with Crippen molar-refractivity contribution in [1.82, 2.24) is 9.21 Å². The third kappa shape index (κ3) is 3.42. The van der Waals surface area contributed by atoms with Crippen molar-refractivity contribution in [2.75, 3.05) is 26.2 Å². The molecule has 0 aliphatic carbocycles. The molecule has 1 aromatic carbocycles. The minimum atomic E-state index is -3.73. The number of carbonyl (C=O) groups is 1. The molecule has 1 aliphatic heterocycles. The van der Waals surface area contributed by atoms with Crippen molar-refractivity contribution in [3.8, 4) is 0 Å².